The molecule has 0 bridgehead atoms. The predicted molar refractivity (Wildman–Crippen MR) is 130 cm³/mol. The van der Waals surface area contributed by atoms with Gasteiger partial charge in [0.1, 0.15) is 5.69 Å². The summed E-state index contributed by atoms with van der Waals surface area (Å²) in [5.74, 6) is -0.959. The van der Waals surface area contributed by atoms with E-state index in [0.717, 1.165) is 46.0 Å². The Morgan fingerprint density at radius 3 is 2.38 bits per heavy atom. The third-order valence-corrected chi connectivity index (χ3v) is 6.14. The summed E-state index contributed by atoms with van der Waals surface area (Å²) >= 11 is 0. The molecule has 1 aromatic heterocycles. The molecule has 0 aliphatic heterocycles. The third-order valence-electron chi connectivity index (χ3n) is 6.14. The normalized spacial score (nSPS) is 11.3. The number of H-pyrrole nitrogens is 1. The van der Waals surface area contributed by atoms with E-state index in [0.29, 0.717) is 6.54 Å². The minimum Gasteiger partial charge on any atom is -0.477 e. The molecule has 4 heteroatoms. The summed E-state index contributed by atoms with van der Waals surface area (Å²) in [4.78, 5) is 14.8. The number of rotatable bonds is 6. The Morgan fingerprint density at radius 1 is 0.781 bits per heavy atom. The monoisotopic (exact) mass is 420 g/mol. The van der Waals surface area contributed by atoms with Crippen LogP contribution in [0.3, 0.4) is 0 Å². The zero-order valence-corrected chi connectivity index (χ0v) is 17.6. The Labute approximate surface area is 186 Å². The van der Waals surface area contributed by atoms with Gasteiger partial charge in [-0.05, 0) is 51.9 Å². The lowest BCUT2D eigenvalue weighted by Crippen LogP contribution is -1.99. The van der Waals surface area contributed by atoms with E-state index in [9.17, 15) is 9.90 Å². The van der Waals surface area contributed by atoms with E-state index in [1.54, 1.807) is 6.07 Å². The largest absolute Gasteiger partial charge is 0.477 e. The fourth-order valence-corrected chi connectivity index (χ4v) is 4.47. The molecule has 0 radical (unpaired) electrons. The van der Waals surface area contributed by atoms with Crippen molar-refractivity contribution in [3.63, 3.8) is 0 Å². The molecule has 32 heavy (non-hydrogen) atoms. The number of aromatic nitrogens is 1. The van der Waals surface area contributed by atoms with Gasteiger partial charge in [0.25, 0.3) is 0 Å². The van der Waals surface area contributed by atoms with Crippen molar-refractivity contribution < 1.29 is 9.90 Å². The van der Waals surface area contributed by atoms with Crippen LogP contribution < -0.4 is 5.73 Å². The second kappa shape index (κ2) is 8.33. The maximum Gasteiger partial charge on any atom is 0.352 e. The molecule has 0 aliphatic carbocycles. The maximum absolute atomic E-state index is 11.7. The fourth-order valence-electron chi connectivity index (χ4n) is 4.47. The smallest absolute Gasteiger partial charge is 0.352 e. The lowest BCUT2D eigenvalue weighted by atomic mass is 9.93. The van der Waals surface area contributed by atoms with Crippen molar-refractivity contribution in [2.75, 3.05) is 0 Å². The number of hydrogen-bond donors (Lipinski definition) is 3. The van der Waals surface area contributed by atoms with Gasteiger partial charge >= 0.3 is 5.97 Å². The van der Waals surface area contributed by atoms with Crippen molar-refractivity contribution >= 4 is 27.6 Å². The fraction of sp³-hybridized carbons (Fsp3) is 0.107. The van der Waals surface area contributed by atoms with Gasteiger partial charge in [-0.2, -0.15) is 0 Å². The van der Waals surface area contributed by atoms with Crippen LogP contribution in [0, 0.1) is 0 Å². The molecule has 4 N–H and O–H groups in total. The van der Waals surface area contributed by atoms with Crippen molar-refractivity contribution in [1.29, 1.82) is 0 Å². The highest BCUT2D eigenvalue weighted by atomic mass is 16.4. The molecule has 0 saturated carbocycles. The molecule has 4 nitrogen and oxygen atoms in total. The summed E-state index contributed by atoms with van der Waals surface area (Å²) in [6.07, 6.45) is 1.71. The van der Waals surface area contributed by atoms with Crippen molar-refractivity contribution in [2.24, 2.45) is 5.73 Å². The number of hydrogen-bond acceptors (Lipinski definition) is 2. The molecule has 0 unspecified atom stereocenters. The van der Waals surface area contributed by atoms with Gasteiger partial charge in [-0.25, -0.2) is 4.79 Å². The number of carboxylic acids is 1. The number of aromatic amines is 1. The number of aromatic carboxylic acids is 1. The highest BCUT2D eigenvalue weighted by Crippen LogP contribution is 2.34. The Morgan fingerprint density at radius 2 is 1.56 bits per heavy atom. The first-order valence-corrected chi connectivity index (χ1v) is 10.8. The van der Waals surface area contributed by atoms with Gasteiger partial charge in [0, 0.05) is 17.5 Å². The number of carbonyl (C=O) groups is 1. The number of nitrogens with one attached hydrogen (secondary N) is 1. The topological polar surface area (TPSA) is 79.1 Å². The number of benzene rings is 4. The van der Waals surface area contributed by atoms with E-state index < -0.39 is 5.97 Å². The first-order chi connectivity index (χ1) is 15.6. The summed E-state index contributed by atoms with van der Waals surface area (Å²) in [5.41, 5.74) is 12.4. The Bertz CT molecular complexity index is 1450. The van der Waals surface area contributed by atoms with Gasteiger partial charge < -0.3 is 15.8 Å². The van der Waals surface area contributed by atoms with Crippen LogP contribution in [0.2, 0.25) is 0 Å². The van der Waals surface area contributed by atoms with E-state index in [4.69, 9.17) is 5.73 Å². The highest BCUT2D eigenvalue weighted by Gasteiger charge is 2.16. The van der Waals surface area contributed by atoms with E-state index in [2.05, 4.69) is 59.6 Å². The quantitative estimate of drug-likeness (QED) is 0.318. The number of aryl methyl sites for hydroxylation is 2. The first kappa shape index (κ1) is 20.0. The molecule has 0 fully saturated rings. The van der Waals surface area contributed by atoms with E-state index >= 15 is 0 Å². The predicted octanol–water partition coefficient (Wildman–Crippen LogP) is 5.93. The number of nitrogens with two attached hydrogens (primary N) is 1. The van der Waals surface area contributed by atoms with Crippen LogP contribution in [-0.2, 0) is 19.4 Å². The summed E-state index contributed by atoms with van der Waals surface area (Å²) in [6.45, 7) is 0.424. The molecule has 1 heterocycles. The highest BCUT2D eigenvalue weighted by molar-refractivity contribution is 6.02. The minimum atomic E-state index is -0.959. The molecule has 5 aromatic rings. The van der Waals surface area contributed by atoms with Crippen molar-refractivity contribution in [3.8, 4) is 11.1 Å². The molecule has 0 atom stereocenters. The average Bonchev–Trinajstić information content (AvgIpc) is 3.29. The van der Waals surface area contributed by atoms with Gasteiger partial charge in [-0.15, -0.1) is 0 Å². The molecule has 4 aromatic carbocycles. The van der Waals surface area contributed by atoms with E-state index in [1.165, 1.54) is 16.3 Å². The van der Waals surface area contributed by atoms with Crippen LogP contribution >= 0.6 is 0 Å². The van der Waals surface area contributed by atoms with E-state index in [-0.39, 0.29) is 5.69 Å². The molecule has 0 spiro atoms. The van der Waals surface area contributed by atoms with Crippen LogP contribution in [0.15, 0.2) is 84.9 Å². The number of carboxylic acid groups (broad SMARTS) is 1. The first-order valence-electron chi connectivity index (χ1n) is 10.8. The zero-order chi connectivity index (χ0) is 22.1. The lowest BCUT2D eigenvalue weighted by Gasteiger charge is -2.12. The number of fused-ring (bicyclic) bond motifs is 2. The van der Waals surface area contributed by atoms with Crippen LogP contribution in [-0.4, -0.2) is 16.1 Å². The summed E-state index contributed by atoms with van der Waals surface area (Å²) in [6, 6.07) is 28.9. The Kier molecular flexibility index (Phi) is 5.21. The van der Waals surface area contributed by atoms with Gasteiger partial charge in [-0.3, -0.25) is 0 Å². The second-order valence-electron chi connectivity index (χ2n) is 8.09. The van der Waals surface area contributed by atoms with Crippen molar-refractivity contribution in [3.05, 3.63) is 107 Å². The van der Waals surface area contributed by atoms with Crippen LogP contribution in [0.4, 0.5) is 0 Å². The Balaban J connectivity index is 1.55. The summed E-state index contributed by atoms with van der Waals surface area (Å²) in [7, 11) is 0. The molecule has 5 rings (SSSR count). The molecule has 0 saturated heterocycles. The SMILES string of the molecule is NCc1ccccc1-c1ccc(CCc2ccc3ccccc3c2)c2cc(C(=O)O)[nH]c12. The molecule has 0 aliphatic rings. The minimum absolute atomic E-state index is 0.199. The van der Waals surface area contributed by atoms with Crippen LogP contribution in [0.25, 0.3) is 32.8 Å². The summed E-state index contributed by atoms with van der Waals surface area (Å²) < 4.78 is 0. The van der Waals surface area contributed by atoms with E-state index in [1.807, 2.05) is 24.3 Å². The van der Waals surface area contributed by atoms with Gasteiger partial charge in [0.15, 0.2) is 0 Å². The summed E-state index contributed by atoms with van der Waals surface area (Å²) in [5, 5.41) is 13.0. The zero-order valence-electron chi connectivity index (χ0n) is 17.6. The van der Waals surface area contributed by atoms with Gasteiger partial charge in [0.2, 0.25) is 0 Å². The lowest BCUT2D eigenvalue weighted by molar-refractivity contribution is 0.0691. The Hall–Kier alpha value is -3.89. The van der Waals surface area contributed by atoms with Crippen molar-refractivity contribution in [2.45, 2.75) is 19.4 Å². The average molecular weight is 421 g/mol. The van der Waals surface area contributed by atoms with Crippen LogP contribution in [0.1, 0.15) is 27.2 Å². The van der Waals surface area contributed by atoms with Crippen molar-refractivity contribution in [1.82, 2.24) is 4.98 Å². The standard InChI is InChI=1S/C28H24N2O2/c29-17-22-7-3-4-8-23(22)24-14-13-20(25-16-26(28(31)32)30-27(24)25)12-10-18-9-11-19-5-1-2-6-21(19)15-18/h1-9,11,13-16,30H,10,12,17,29H2,(H,31,32). The second-order valence-corrected chi connectivity index (χ2v) is 8.09. The van der Waals surface area contributed by atoms with Gasteiger partial charge in [0.05, 0.1) is 5.52 Å². The van der Waals surface area contributed by atoms with Gasteiger partial charge in [-0.1, -0.05) is 78.9 Å². The molecular weight excluding hydrogens is 396 g/mol. The molecule has 158 valence electrons. The van der Waals surface area contributed by atoms with Crippen LogP contribution in [0.5, 0.6) is 0 Å². The molecule has 0 amide bonds. The maximum atomic E-state index is 11.7. The molecular formula is C28H24N2O2. The third kappa shape index (κ3) is 3.66.